The molecule has 0 radical (unpaired) electrons. The summed E-state index contributed by atoms with van der Waals surface area (Å²) in [5.41, 5.74) is 1.46. The van der Waals surface area contributed by atoms with Crippen LogP contribution >= 0.6 is 15.9 Å². The molecule has 0 fully saturated rings. The van der Waals surface area contributed by atoms with Gasteiger partial charge in [-0.1, -0.05) is 34.1 Å². The van der Waals surface area contributed by atoms with E-state index in [1.165, 1.54) is 14.2 Å². The first-order valence-corrected chi connectivity index (χ1v) is 12.7. The molecule has 0 bridgehead atoms. The van der Waals surface area contributed by atoms with E-state index in [0.717, 1.165) is 20.9 Å². The number of pyridine rings is 2. The van der Waals surface area contributed by atoms with Crippen LogP contribution in [0.4, 0.5) is 4.39 Å². The van der Waals surface area contributed by atoms with Crippen molar-refractivity contribution in [2.45, 2.75) is 24.9 Å². The highest BCUT2D eigenvalue weighted by atomic mass is 79.9. The fourth-order valence-electron chi connectivity index (χ4n) is 4.75. The monoisotopic (exact) mass is 567 g/mol. The molecule has 2 unspecified atom stereocenters. The van der Waals surface area contributed by atoms with Crippen LogP contribution in [0.15, 0.2) is 65.4 Å². The van der Waals surface area contributed by atoms with Crippen LogP contribution in [-0.2, 0) is 5.60 Å². The van der Waals surface area contributed by atoms with Gasteiger partial charge in [-0.2, -0.15) is 0 Å². The lowest BCUT2D eigenvalue weighted by Gasteiger charge is -2.39. The molecular formula is C29H31BrFN3O3. The van der Waals surface area contributed by atoms with Crippen molar-refractivity contribution >= 4 is 26.8 Å². The summed E-state index contributed by atoms with van der Waals surface area (Å²) in [6.45, 7) is 2.46. The number of methoxy groups -OCH3 is 2. The van der Waals surface area contributed by atoms with Crippen LogP contribution in [-0.4, -0.2) is 54.8 Å². The topological polar surface area (TPSA) is 67.7 Å². The molecule has 2 aromatic carbocycles. The molecule has 0 saturated heterocycles. The molecule has 6 nitrogen and oxygen atoms in total. The van der Waals surface area contributed by atoms with Gasteiger partial charge in [-0.15, -0.1) is 0 Å². The van der Waals surface area contributed by atoms with Crippen molar-refractivity contribution < 1.29 is 19.0 Å². The van der Waals surface area contributed by atoms with Gasteiger partial charge in [0.2, 0.25) is 5.88 Å². The Morgan fingerprint density at radius 3 is 2.51 bits per heavy atom. The molecule has 0 amide bonds. The zero-order valence-corrected chi connectivity index (χ0v) is 23.2. The second kappa shape index (κ2) is 11.1. The van der Waals surface area contributed by atoms with E-state index in [9.17, 15) is 5.11 Å². The maximum Gasteiger partial charge on any atom is 0.217 e. The minimum Gasteiger partial charge on any atom is -0.494 e. The number of halogens is 2. The predicted molar refractivity (Wildman–Crippen MR) is 147 cm³/mol. The summed E-state index contributed by atoms with van der Waals surface area (Å²) in [6.07, 6.45) is 3.67. The summed E-state index contributed by atoms with van der Waals surface area (Å²) in [6, 6.07) is 14.5. The lowest BCUT2D eigenvalue weighted by Crippen LogP contribution is -2.38. The average Bonchev–Trinajstić information content (AvgIpc) is 2.88. The number of nitrogens with zero attached hydrogens (tertiary/aromatic N) is 3. The lowest BCUT2D eigenvalue weighted by molar-refractivity contribution is 0.00246. The van der Waals surface area contributed by atoms with Crippen LogP contribution in [0.1, 0.15) is 34.6 Å². The van der Waals surface area contributed by atoms with E-state index in [1.807, 2.05) is 56.3 Å². The van der Waals surface area contributed by atoms with Gasteiger partial charge in [0.05, 0.1) is 25.7 Å². The number of hydrogen-bond donors (Lipinski definition) is 1. The van der Waals surface area contributed by atoms with Gasteiger partial charge in [-0.05, 0) is 63.3 Å². The number of ether oxygens (including phenoxy) is 2. The summed E-state index contributed by atoms with van der Waals surface area (Å²) < 4.78 is 28.0. The number of fused-ring (bicyclic) bond motifs is 1. The van der Waals surface area contributed by atoms with Gasteiger partial charge in [-0.25, -0.2) is 9.37 Å². The minimum absolute atomic E-state index is 0.0929. The molecule has 2 aromatic heterocycles. The normalized spacial score (nSPS) is 14.0. The van der Waals surface area contributed by atoms with Gasteiger partial charge < -0.3 is 19.5 Å². The van der Waals surface area contributed by atoms with Gasteiger partial charge in [0, 0.05) is 45.5 Å². The van der Waals surface area contributed by atoms with E-state index in [0.29, 0.717) is 30.0 Å². The van der Waals surface area contributed by atoms with Crippen molar-refractivity contribution in [3.8, 4) is 11.6 Å². The smallest absolute Gasteiger partial charge is 0.217 e. The van der Waals surface area contributed by atoms with Gasteiger partial charge >= 0.3 is 0 Å². The van der Waals surface area contributed by atoms with Gasteiger partial charge in [0.25, 0.3) is 0 Å². The number of rotatable bonds is 9. The lowest BCUT2D eigenvalue weighted by atomic mass is 9.71. The third-order valence-electron chi connectivity index (χ3n) is 6.59. The Hall–Kier alpha value is -3.07. The SMILES string of the molecule is COc1cccc(C(c2cc3cc(Br)ccc3nc2OC)C(O)(CCN(C)C)c2cncc(C)c2)c1F. The van der Waals surface area contributed by atoms with Crippen molar-refractivity contribution in [1.29, 1.82) is 0 Å². The van der Waals surface area contributed by atoms with Gasteiger partial charge in [0.1, 0.15) is 5.60 Å². The fraction of sp³-hybridized carbons (Fsp3) is 0.310. The van der Waals surface area contributed by atoms with E-state index in [-0.39, 0.29) is 11.3 Å². The second-order valence-electron chi connectivity index (χ2n) is 9.45. The Morgan fingerprint density at radius 2 is 1.84 bits per heavy atom. The number of aromatic nitrogens is 2. The molecule has 0 spiro atoms. The van der Waals surface area contributed by atoms with E-state index in [4.69, 9.17) is 14.5 Å². The Kier molecular flexibility index (Phi) is 8.11. The molecular weight excluding hydrogens is 537 g/mol. The Morgan fingerprint density at radius 1 is 1.05 bits per heavy atom. The second-order valence-corrected chi connectivity index (χ2v) is 10.4. The first kappa shape index (κ1) is 27.0. The van der Waals surface area contributed by atoms with Crippen molar-refractivity contribution in [3.05, 3.63) is 93.5 Å². The molecule has 0 aliphatic heterocycles. The largest absolute Gasteiger partial charge is 0.494 e. The van der Waals surface area contributed by atoms with Gasteiger partial charge in [0.15, 0.2) is 11.6 Å². The number of aliphatic hydroxyl groups is 1. The van der Waals surface area contributed by atoms with Crippen LogP contribution in [0, 0.1) is 12.7 Å². The standard InChI is InChI=1S/C29H31BrFN3O3/c1-18-13-20(17-32-16-18)29(35,11-12-34(2)3)26(22-7-6-8-25(36-4)27(22)31)23-15-19-14-21(30)9-10-24(19)33-28(23)37-5/h6-10,13-17,26,35H,11-12H2,1-5H3. The third-order valence-corrected chi connectivity index (χ3v) is 7.08. The average molecular weight is 568 g/mol. The van der Waals surface area contributed by atoms with Crippen LogP contribution in [0.2, 0.25) is 0 Å². The van der Waals surface area contributed by atoms with Crippen molar-refractivity contribution in [2.75, 3.05) is 34.9 Å². The molecule has 0 aliphatic carbocycles. The highest BCUT2D eigenvalue weighted by Gasteiger charge is 2.44. The highest BCUT2D eigenvalue weighted by Crippen LogP contribution is 2.49. The number of aryl methyl sites for hydroxylation is 1. The van der Waals surface area contributed by atoms with E-state index in [1.54, 1.807) is 30.6 Å². The molecule has 4 rings (SSSR count). The molecule has 0 aliphatic rings. The maximum atomic E-state index is 16.0. The summed E-state index contributed by atoms with van der Waals surface area (Å²) in [7, 11) is 6.83. The Balaban J connectivity index is 2.09. The summed E-state index contributed by atoms with van der Waals surface area (Å²) >= 11 is 3.53. The molecule has 37 heavy (non-hydrogen) atoms. The van der Waals surface area contributed by atoms with Crippen LogP contribution < -0.4 is 9.47 Å². The summed E-state index contributed by atoms with van der Waals surface area (Å²) in [4.78, 5) is 11.1. The molecule has 8 heteroatoms. The molecule has 1 N–H and O–H groups in total. The van der Waals surface area contributed by atoms with E-state index >= 15 is 4.39 Å². The number of benzene rings is 2. The predicted octanol–water partition coefficient (Wildman–Crippen LogP) is 5.83. The zero-order valence-electron chi connectivity index (χ0n) is 21.6. The minimum atomic E-state index is -1.56. The molecule has 194 valence electrons. The zero-order chi connectivity index (χ0) is 26.7. The van der Waals surface area contributed by atoms with Gasteiger partial charge in [-0.3, -0.25) is 4.98 Å². The fourth-order valence-corrected chi connectivity index (χ4v) is 5.13. The molecule has 4 aromatic rings. The quantitative estimate of drug-likeness (QED) is 0.274. The summed E-state index contributed by atoms with van der Waals surface area (Å²) in [5, 5.41) is 13.5. The molecule has 2 atom stereocenters. The van der Waals surface area contributed by atoms with E-state index in [2.05, 4.69) is 20.9 Å². The molecule has 0 saturated carbocycles. The van der Waals surface area contributed by atoms with Crippen LogP contribution in [0.25, 0.3) is 10.9 Å². The van der Waals surface area contributed by atoms with Crippen LogP contribution in [0.5, 0.6) is 11.6 Å². The van der Waals surface area contributed by atoms with Crippen LogP contribution in [0.3, 0.4) is 0 Å². The Bertz CT molecular complexity index is 1410. The van der Waals surface area contributed by atoms with Crippen molar-refractivity contribution in [3.63, 3.8) is 0 Å². The van der Waals surface area contributed by atoms with Crippen molar-refractivity contribution in [2.24, 2.45) is 0 Å². The third kappa shape index (κ3) is 5.46. The molecule has 2 heterocycles. The van der Waals surface area contributed by atoms with E-state index < -0.39 is 17.3 Å². The first-order valence-electron chi connectivity index (χ1n) is 11.9. The number of hydrogen-bond acceptors (Lipinski definition) is 6. The highest BCUT2D eigenvalue weighted by molar-refractivity contribution is 9.10. The maximum absolute atomic E-state index is 16.0. The Labute approximate surface area is 225 Å². The first-order chi connectivity index (χ1) is 17.7. The van der Waals surface area contributed by atoms with Crippen molar-refractivity contribution in [1.82, 2.24) is 14.9 Å². The summed E-state index contributed by atoms with van der Waals surface area (Å²) in [5.74, 6) is -1.03.